The van der Waals surface area contributed by atoms with E-state index in [9.17, 15) is 0 Å². The van der Waals surface area contributed by atoms with Gasteiger partial charge in [-0.15, -0.1) is 0 Å². The fourth-order valence-electron chi connectivity index (χ4n) is 3.23. The first-order chi connectivity index (χ1) is 16.6. The average Bonchev–Trinajstić information content (AvgIpc) is 3.67. The van der Waals surface area contributed by atoms with Crippen molar-refractivity contribution >= 4 is 23.8 Å². The van der Waals surface area contributed by atoms with Crippen LogP contribution in [0.4, 0.5) is 11.4 Å². The maximum absolute atomic E-state index is 5.73. The predicted octanol–water partition coefficient (Wildman–Crippen LogP) is 5.96. The van der Waals surface area contributed by atoms with Gasteiger partial charge in [0, 0.05) is 19.0 Å². The van der Waals surface area contributed by atoms with Gasteiger partial charge in [0.25, 0.3) is 0 Å². The molecule has 1 heterocycles. The Bertz CT molecular complexity index is 1150. The lowest BCUT2D eigenvalue weighted by Gasteiger charge is -2.07. The standard InChI is InChI=1S/C28H30N2O4/c1-4-31-19-34-25-10-12-28(21(3)14-25)30-16-23-7-5-22(6-8-23)15-29-27-11-9-24(13-20(27)2)32-17-26-18-33-26/h5-16,26H,4,17-19H2,1-3H3. The van der Waals surface area contributed by atoms with Crippen LogP contribution in [0.5, 0.6) is 11.5 Å². The van der Waals surface area contributed by atoms with Crippen LogP contribution < -0.4 is 9.47 Å². The van der Waals surface area contributed by atoms with Gasteiger partial charge < -0.3 is 18.9 Å². The van der Waals surface area contributed by atoms with Crippen molar-refractivity contribution in [3.8, 4) is 11.5 Å². The normalized spacial score (nSPS) is 15.2. The minimum absolute atomic E-state index is 0.251. The van der Waals surface area contributed by atoms with E-state index >= 15 is 0 Å². The van der Waals surface area contributed by atoms with Crippen LogP contribution in [0, 0.1) is 13.8 Å². The summed E-state index contributed by atoms with van der Waals surface area (Å²) in [5.41, 5.74) is 5.98. The molecule has 0 radical (unpaired) electrons. The van der Waals surface area contributed by atoms with Crippen molar-refractivity contribution in [2.75, 3.05) is 26.6 Å². The maximum Gasteiger partial charge on any atom is 0.189 e. The largest absolute Gasteiger partial charge is 0.491 e. The third kappa shape index (κ3) is 7.01. The van der Waals surface area contributed by atoms with Crippen molar-refractivity contribution in [2.24, 2.45) is 9.98 Å². The van der Waals surface area contributed by atoms with E-state index in [2.05, 4.69) is 9.98 Å². The molecule has 1 atom stereocenters. The topological polar surface area (TPSA) is 64.9 Å². The number of hydrogen-bond acceptors (Lipinski definition) is 6. The van der Waals surface area contributed by atoms with Crippen molar-refractivity contribution in [3.05, 3.63) is 82.9 Å². The first kappa shape index (κ1) is 23.7. The first-order valence-electron chi connectivity index (χ1n) is 11.4. The molecule has 6 nitrogen and oxygen atoms in total. The van der Waals surface area contributed by atoms with Gasteiger partial charge in [0.15, 0.2) is 6.79 Å². The lowest BCUT2D eigenvalue weighted by Crippen LogP contribution is -2.03. The Balaban J connectivity index is 1.34. The molecule has 1 saturated heterocycles. The maximum atomic E-state index is 5.73. The zero-order valence-electron chi connectivity index (χ0n) is 19.9. The van der Waals surface area contributed by atoms with Crippen LogP contribution in [-0.4, -0.2) is 45.1 Å². The Kier molecular flexibility index (Phi) is 8.07. The number of ether oxygens (including phenoxy) is 4. The molecule has 1 aliphatic rings. The molecule has 0 aromatic heterocycles. The number of benzene rings is 3. The predicted molar refractivity (Wildman–Crippen MR) is 136 cm³/mol. The summed E-state index contributed by atoms with van der Waals surface area (Å²) in [6.45, 7) is 8.27. The third-order valence-electron chi connectivity index (χ3n) is 5.33. The summed E-state index contributed by atoms with van der Waals surface area (Å²) in [4.78, 5) is 9.26. The Morgan fingerprint density at radius 3 is 1.82 bits per heavy atom. The van der Waals surface area contributed by atoms with Gasteiger partial charge >= 0.3 is 0 Å². The fourth-order valence-corrected chi connectivity index (χ4v) is 3.23. The molecule has 34 heavy (non-hydrogen) atoms. The van der Waals surface area contributed by atoms with E-state index in [1.807, 2.05) is 93.9 Å². The van der Waals surface area contributed by atoms with Crippen molar-refractivity contribution in [1.29, 1.82) is 0 Å². The molecule has 0 saturated carbocycles. The highest BCUT2D eigenvalue weighted by Gasteiger charge is 2.23. The second-order valence-corrected chi connectivity index (χ2v) is 8.10. The van der Waals surface area contributed by atoms with Gasteiger partial charge in [-0.2, -0.15) is 0 Å². The molecule has 1 fully saturated rings. The first-order valence-corrected chi connectivity index (χ1v) is 11.4. The van der Waals surface area contributed by atoms with E-state index in [0.717, 1.165) is 51.7 Å². The molecule has 6 heteroatoms. The summed E-state index contributed by atoms with van der Waals surface area (Å²) >= 11 is 0. The molecule has 0 spiro atoms. The van der Waals surface area contributed by atoms with Gasteiger partial charge in [-0.05, 0) is 79.4 Å². The van der Waals surface area contributed by atoms with Crippen LogP contribution in [0.2, 0.25) is 0 Å². The quantitative estimate of drug-likeness (QED) is 0.154. The summed E-state index contributed by atoms with van der Waals surface area (Å²) in [6.07, 6.45) is 3.98. The van der Waals surface area contributed by atoms with E-state index < -0.39 is 0 Å². The zero-order chi connectivity index (χ0) is 23.8. The number of epoxide rings is 1. The highest BCUT2D eigenvalue weighted by molar-refractivity contribution is 5.86. The second kappa shape index (κ2) is 11.6. The molecule has 1 unspecified atom stereocenters. The minimum Gasteiger partial charge on any atom is -0.491 e. The SMILES string of the molecule is CCOCOc1ccc(N=Cc2ccc(C=Nc3ccc(OCC4CO4)cc3C)cc2)c(C)c1. The monoisotopic (exact) mass is 458 g/mol. The van der Waals surface area contributed by atoms with Gasteiger partial charge in [-0.1, -0.05) is 24.3 Å². The highest BCUT2D eigenvalue weighted by Crippen LogP contribution is 2.25. The molecule has 176 valence electrons. The average molecular weight is 459 g/mol. The lowest BCUT2D eigenvalue weighted by molar-refractivity contribution is 0.0224. The van der Waals surface area contributed by atoms with Crippen LogP contribution >= 0.6 is 0 Å². The van der Waals surface area contributed by atoms with E-state index in [4.69, 9.17) is 18.9 Å². The summed E-state index contributed by atoms with van der Waals surface area (Å²) in [5, 5.41) is 0. The summed E-state index contributed by atoms with van der Waals surface area (Å²) < 4.78 is 21.7. The highest BCUT2D eigenvalue weighted by atomic mass is 16.7. The van der Waals surface area contributed by atoms with E-state index in [0.29, 0.717) is 13.2 Å². The zero-order valence-corrected chi connectivity index (χ0v) is 19.9. The summed E-state index contributed by atoms with van der Waals surface area (Å²) in [7, 11) is 0. The van der Waals surface area contributed by atoms with Crippen LogP contribution in [0.15, 0.2) is 70.6 Å². The molecule has 0 aliphatic carbocycles. The fraction of sp³-hybridized carbons (Fsp3) is 0.286. The van der Waals surface area contributed by atoms with E-state index in [-0.39, 0.29) is 12.9 Å². The van der Waals surface area contributed by atoms with Crippen LogP contribution in [0.3, 0.4) is 0 Å². The molecule has 3 aromatic carbocycles. The van der Waals surface area contributed by atoms with Crippen LogP contribution in [0.25, 0.3) is 0 Å². The molecule has 0 amide bonds. The molecular formula is C28H30N2O4. The Morgan fingerprint density at radius 2 is 1.35 bits per heavy atom. The number of aryl methyl sites for hydroxylation is 2. The molecule has 0 bridgehead atoms. The number of aliphatic imine (C=N–C) groups is 2. The van der Waals surface area contributed by atoms with E-state index in [1.165, 1.54) is 0 Å². The number of rotatable bonds is 11. The lowest BCUT2D eigenvalue weighted by atomic mass is 10.1. The number of nitrogens with zero attached hydrogens (tertiary/aromatic N) is 2. The smallest absolute Gasteiger partial charge is 0.189 e. The van der Waals surface area contributed by atoms with Crippen LogP contribution in [0.1, 0.15) is 29.2 Å². The van der Waals surface area contributed by atoms with Crippen molar-refractivity contribution in [2.45, 2.75) is 26.9 Å². The summed E-state index contributed by atoms with van der Waals surface area (Å²) in [6, 6.07) is 19.9. The molecule has 3 aromatic rings. The van der Waals surface area contributed by atoms with E-state index in [1.54, 1.807) is 0 Å². The molecule has 4 rings (SSSR count). The van der Waals surface area contributed by atoms with Gasteiger partial charge in [0.2, 0.25) is 0 Å². The van der Waals surface area contributed by atoms with Gasteiger partial charge in [0.1, 0.15) is 24.2 Å². The van der Waals surface area contributed by atoms with Crippen molar-refractivity contribution in [3.63, 3.8) is 0 Å². The van der Waals surface area contributed by atoms with Crippen molar-refractivity contribution in [1.82, 2.24) is 0 Å². The molecule has 1 aliphatic heterocycles. The third-order valence-corrected chi connectivity index (χ3v) is 5.33. The van der Waals surface area contributed by atoms with Gasteiger partial charge in [0.05, 0.1) is 18.0 Å². The Hall–Kier alpha value is -3.48. The minimum atomic E-state index is 0.251. The summed E-state index contributed by atoms with van der Waals surface area (Å²) in [5.74, 6) is 1.62. The Morgan fingerprint density at radius 1 is 0.824 bits per heavy atom. The Labute approximate surface area is 200 Å². The number of hydrogen-bond donors (Lipinski definition) is 0. The molecular weight excluding hydrogens is 428 g/mol. The second-order valence-electron chi connectivity index (χ2n) is 8.10. The van der Waals surface area contributed by atoms with Gasteiger partial charge in [-0.25, -0.2) is 0 Å². The van der Waals surface area contributed by atoms with Gasteiger partial charge in [-0.3, -0.25) is 9.98 Å². The van der Waals surface area contributed by atoms with Crippen molar-refractivity contribution < 1.29 is 18.9 Å². The van der Waals surface area contributed by atoms with Crippen LogP contribution in [-0.2, 0) is 9.47 Å². The molecule has 0 N–H and O–H groups in total.